The minimum atomic E-state index is -1.20. The van der Waals surface area contributed by atoms with Crippen LogP contribution in [0.4, 0.5) is 0 Å². The highest BCUT2D eigenvalue weighted by Gasteiger charge is 2.42. The van der Waals surface area contributed by atoms with Gasteiger partial charge in [0.05, 0.1) is 5.56 Å². The Hall–Kier alpha value is -2.04. The van der Waals surface area contributed by atoms with Crippen LogP contribution in [0.2, 0.25) is 0 Å². The molecule has 1 aromatic carbocycles. The Morgan fingerprint density at radius 2 is 2.07 bits per heavy atom. The third kappa shape index (κ3) is 1.28. The Labute approximate surface area is 78.5 Å². The third-order valence-electron chi connectivity index (χ3n) is 1.94. The number of benzene rings is 1. The average Bonchev–Trinajstić information content (AvgIpc) is 2.82. The maximum Gasteiger partial charge on any atom is 0.353 e. The molecule has 1 aromatic rings. The van der Waals surface area contributed by atoms with Crippen molar-refractivity contribution in [1.82, 2.24) is 0 Å². The minimum absolute atomic E-state index is 0.110. The molecular weight excluding hydrogens is 188 g/mol. The normalized spacial score (nSPS) is 18.9. The van der Waals surface area contributed by atoms with Crippen LogP contribution in [-0.2, 0) is 9.53 Å². The van der Waals surface area contributed by atoms with E-state index in [9.17, 15) is 9.59 Å². The molecule has 2 rings (SSSR count). The summed E-state index contributed by atoms with van der Waals surface area (Å²) in [5.74, 6) is -1.79. The van der Waals surface area contributed by atoms with E-state index in [0.29, 0.717) is 0 Å². The molecule has 0 spiro atoms. The number of epoxide rings is 1. The number of hydrogen-bond acceptors (Lipinski definition) is 4. The largest absolute Gasteiger partial charge is 0.508 e. The Balaban J connectivity index is 2.48. The molecule has 0 radical (unpaired) electrons. The van der Waals surface area contributed by atoms with Crippen LogP contribution in [0.15, 0.2) is 18.2 Å². The van der Waals surface area contributed by atoms with Gasteiger partial charge in [0, 0.05) is 5.56 Å². The smallest absolute Gasteiger partial charge is 0.353 e. The summed E-state index contributed by atoms with van der Waals surface area (Å²) >= 11 is 0. The molecule has 14 heavy (non-hydrogen) atoms. The van der Waals surface area contributed by atoms with Gasteiger partial charge in [0.25, 0.3) is 0 Å². The van der Waals surface area contributed by atoms with E-state index in [-0.39, 0.29) is 16.9 Å². The molecule has 0 aromatic heterocycles. The van der Waals surface area contributed by atoms with E-state index in [0.717, 1.165) is 6.07 Å². The van der Waals surface area contributed by atoms with Crippen molar-refractivity contribution in [3.8, 4) is 5.75 Å². The summed E-state index contributed by atoms with van der Waals surface area (Å²) in [6.07, 6.45) is -0.776. The van der Waals surface area contributed by atoms with Crippen LogP contribution >= 0.6 is 0 Å². The van der Waals surface area contributed by atoms with E-state index in [4.69, 9.17) is 10.2 Å². The molecule has 1 fully saturated rings. The standard InChI is InChI=1S/C9H6O5/c10-4-1-2-5(7-9(13)14-7)6(3-4)8(11)12/h1-3,7,10H,(H,11,12)/t7-/m0/s1. The number of phenolic OH excluding ortho intramolecular Hbond substituents is 1. The topological polar surface area (TPSA) is 87.1 Å². The molecule has 0 bridgehead atoms. The Morgan fingerprint density at radius 3 is 2.57 bits per heavy atom. The first-order chi connectivity index (χ1) is 6.59. The fraction of sp³-hybridized carbons (Fsp3) is 0.111. The maximum atomic E-state index is 10.7. The number of rotatable bonds is 2. The van der Waals surface area contributed by atoms with Gasteiger partial charge in [-0.25, -0.2) is 9.59 Å². The molecule has 1 heterocycles. The Morgan fingerprint density at radius 1 is 1.43 bits per heavy atom. The number of cyclic esters (lactones) is 1. The van der Waals surface area contributed by atoms with Crippen molar-refractivity contribution in [3.05, 3.63) is 29.3 Å². The van der Waals surface area contributed by atoms with Crippen molar-refractivity contribution in [1.29, 1.82) is 0 Å². The summed E-state index contributed by atoms with van der Waals surface area (Å²) in [7, 11) is 0. The number of aromatic carboxylic acids is 1. The Kier molecular flexibility index (Phi) is 1.67. The molecule has 1 saturated heterocycles. The third-order valence-corrected chi connectivity index (χ3v) is 1.94. The predicted molar refractivity (Wildman–Crippen MR) is 43.9 cm³/mol. The molecule has 0 saturated carbocycles. The zero-order valence-electron chi connectivity index (χ0n) is 6.93. The second-order valence-corrected chi connectivity index (χ2v) is 2.89. The van der Waals surface area contributed by atoms with E-state index >= 15 is 0 Å². The molecule has 0 amide bonds. The van der Waals surface area contributed by atoms with Gasteiger partial charge < -0.3 is 14.9 Å². The lowest BCUT2D eigenvalue weighted by Gasteiger charge is -2.01. The number of carboxylic acid groups (broad SMARTS) is 1. The number of aromatic hydroxyl groups is 1. The van der Waals surface area contributed by atoms with Crippen molar-refractivity contribution in [2.75, 3.05) is 0 Å². The molecule has 1 atom stereocenters. The molecule has 72 valence electrons. The van der Waals surface area contributed by atoms with Crippen molar-refractivity contribution in [2.45, 2.75) is 6.10 Å². The average molecular weight is 194 g/mol. The highest BCUT2D eigenvalue weighted by Crippen LogP contribution is 2.35. The lowest BCUT2D eigenvalue weighted by atomic mass is 10.0. The molecule has 2 N–H and O–H groups in total. The van der Waals surface area contributed by atoms with Crippen LogP contribution in [0, 0.1) is 0 Å². The van der Waals surface area contributed by atoms with Crippen LogP contribution in [-0.4, -0.2) is 22.2 Å². The monoisotopic (exact) mass is 194 g/mol. The van der Waals surface area contributed by atoms with Crippen LogP contribution in [0.25, 0.3) is 0 Å². The van der Waals surface area contributed by atoms with E-state index in [1.807, 2.05) is 0 Å². The molecule has 1 aliphatic heterocycles. The van der Waals surface area contributed by atoms with Gasteiger partial charge in [0.2, 0.25) is 6.10 Å². The lowest BCUT2D eigenvalue weighted by molar-refractivity contribution is -0.117. The first-order valence-corrected chi connectivity index (χ1v) is 3.86. The van der Waals surface area contributed by atoms with E-state index in [1.54, 1.807) is 0 Å². The number of hydrogen-bond donors (Lipinski definition) is 2. The summed E-state index contributed by atoms with van der Waals surface area (Å²) in [4.78, 5) is 21.4. The van der Waals surface area contributed by atoms with Gasteiger partial charge in [-0.15, -0.1) is 0 Å². The lowest BCUT2D eigenvalue weighted by Crippen LogP contribution is -2.01. The van der Waals surface area contributed by atoms with Crippen molar-refractivity contribution >= 4 is 11.9 Å². The summed E-state index contributed by atoms with van der Waals surface area (Å²) in [5.41, 5.74) is 0.168. The molecule has 5 heteroatoms. The fourth-order valence-electron chi connectivity index (χ4n) is 1.23. The molecule has 1 aliphatic rings. The molecule has 0 unspecified atom stereocenters. The fourth-order valence-corrected chi connectivity index (χ4v) is 1.23. The zero-order chi connectivity index (χ0) is 10.3. The van der Waals surface area contributed by atoms with Gasteiger partial charge in [-0.2, -0.15) is 0 Å². The Bertz CT molecular complexity index is 423. The van der Waals surface area contributed by atoms with Gasteiger partial charge in [0.15, 0.2) is 0 Å². The molecular formula is C9H6O5. The molecule has 5 nitrogen and oxygen atoms in total. The van der Waals surface area contributed by atoms with Crippen LogP contribution in [0.3, 0.4) is 0 Å². The van der Waals surface area contributed by atoms with Gasteiger partial charge in [0.1, 0.15) is 5.75 Å². The first kappa shape index (κ1) is 8.55. The number of carbonyl (C=O) groups excluding carboxylic acids is 1. The number of phenols is 1. The summed E-state index contributed by atoms with van der Waals surface area (Å²) in [6.45, 7) is 0. The quantitative estimate of drug-likeness (QED) is 0.676. The van der Waals surface area contributed by atoms with Crippen LogP contribution in [0.5, 0.6) is 5.75 Å². The highest BCUT2D eigenvalue weighted by molar-refractivity contribution is 5.96. The predicted octanol–water partition coefficient (Wildman–Crippen LogP) is 0.688. The highest BCUT2D eigenvalue weighted by atomic mass is 16.6. The number of ether oxygens (including phenoxy) is 1. The van der Waals surface area contributed by atoms with Gasteiger partial charge in [-0.05, 0) is 12.1 Å². The van der Waals surface area contributed by atoms with Gasteiger partial charge in [-0.1, -0.05) is 6.07 Å². The summed E-state index contributed by atoms with van der Waals surface area (Å²) in [5, 5.41) is 17.8. The number of carbonyl (C=O) groups is 2. The van der Waals surface area contributed by atoms with E-state index in [1.165, 1.54) is 12.1 Å². The number of carboxylic acids is 1. The second kappa shape index (κ2) is 2.73. The van der Waals surface area contributed by atoms with Crippen LogP contribution in [0.1, 0.15) is 22.0 Å². The first-order valence-electron chi connectivity index (χ1n) is 3.86. The van der Waals surface area contributed by atoms with Gasteiger partial charge >= 0.3 is 11.9 Å². The minimum Gasteiger partial charge on any atom is -0.508 e. The summed E-state index contributed by atoms with van der Waals surface area (Å²) in [6, 6.07) is 3.78. The van der Waals surface area contributed by atoms with E-state index < -0.39 is 18.0 Å². The van der Waals surface area contributed by atoms with Gasteiger partial charge in [-0.3, -0.25) is 0 Å². The van der Waals surface area contributed by atoms with E-state index in [2.05, 4.69) is 4.74 Å². The van der Waals surface area contributed by atoms with Crippen LogP contribution < -0.4 is 0 Å². The zero-order valence-corrected chi connectivity index (χ0v) is 6.93. The molecule has 0 aliphatic carbocycles. The maximum absolute atomic E-state index is 10.7. The SMILES string of the molecule is O=C(O)c1cc(O)ccc1[C@@H]1OC1=O. The van der Waals surface area contributed by atoms with Crippen molar-refractivity contribution in [2.24, 2.45) is 0 Å². The second-order valence-electron chi connectivity index (χ2n) is 2.89. The summed E-state index contributed by atoms with van der Waals surface area (Å²) < 4.78 is 4.55. The van der Waals surface area contributed by atoms with Crippen molar-refractivity contribution in [3.63, 3.8) is 0 Å². The van der Waals surface area contributed by atoms with Crippen molar-refractivity contribution < 1.29 is 24.5 Å².